The molecular weight excluding hydrogens is 278 g/mol. The van der Waals surface area contributed by atoms with Crippen LogP contribution in [0.3, 0.4) is 0 Å². The van der Waals surface area contributed by atoms with Crippen LogP contribution in [0.5, 0.6) is 0 Å². The van der Waals surface area contributed by atoms with E-state index in [4.69, 9.17) is 0 Å². The third-order valence-electron chi connectivity index (χ3n) is 4.81. The van der Waals surface area contributed by atoms with Crippen LogP contribution in [0.2, 0.25) is 0 Å². The summed E-state index contributed by atoms with van der Waals surface area (Å²) in [5.74, 6) is 0. The highest BCUT2D eigenvalue weighted by Crippen LogP contribution is 2.12. The van der Waals surface area contributed by atoms with E-state index in [1.807, 2.05) is 6.08 Å². The van der Waals surface area contributed by atoms with E-state index in [2.05, 4.69) is 51.9 Å². The van der Waals surface area contributed by atoms with Crippen molar-refractivity contribution < 1.29 is 4.48 Å². The minimum absolute atomic E-state index is 1.18. The van der Waals surface area contributed by atoms with E-state index in [1.165, 1.54) is 86.5 Å². The number of hydrogen-bond acceptors (Lipinski definition) is 0. The number of rotatable bonds is 13. The standard InChI is InChI=1S/C22H38N/c1-5-7-8-9-10-12-19-23(3,4)20-13-11-14-22-17-15-21(6-2)16-18-22/h6,15-18H,2,5,7-14,19-20H2,1,3-4H3/q+1. The smallest absolute Gasteiger partial charge is 0.0782 e. The van der Waals surface area contributed by atoms with Crippen molar-refractivity contribution in [1.82, 2.24) is 0 Å². The zero-order valence-corrected chi connectivity index (χ0v) is 15.8. The molecule has 0 atom stereocenters. The highest BCUT2D eigenvalue weighted by Gasteiger charge is 2.13. The lowest BCUT2D eigenvalue weighted by Crippen LogP contribution is -2.41. The first kappa shape index (κ1) is 20.0. The Morgan fingerprint density at radius 3 is 2.00 bits per heavy atom. The lowest BCUT2D eigenvalue weighted by molar-refractivity contribution is -0.890. The number of unbranched alkanes of at least 4 members (excludes halogenated alkanes) is 6. The molecule has 1 aromatic rings. The van der Waals surface area contributed by atoms with Gasteiger partial charge >= 0.3 is 0 Å². The van der Waals surface area contributed by atoms with E-state index in [-0.39, 0.29) is 0 Å². The van der Waals surface area contributed by atoms with E-state index < -0.39 is 0 Å². The summed E-state index contributed by atoms with van der Waals surface area (Å²) in [6.07, 6.45) is 14.1. The van der Waals surface area contributed by atoms with Gasteiger partial charge in [0, 0.05) is 0 Å². The van der Waals surface area contributed by atoms with E-state index in [0.29, 0.717) is 0 Å². The third-order valence-corrected chi connectivity index (χ3v) is 4.81. The minimum atomic E-state index is 1.18. The molecule has 1 aromatic carbocycles. The molecule has 0 aliphatic rings. The molecule has 0 bridgehead atoms. The Bertz CT molecular complexity index is 416. The van der Waals surface area contributed by atoms with Crippen LogP contribution in [-0.2, 0) is 6.42 Å². The second-order valence-corrected chi connectivity index (χ2v) is 7.55. The minimum Gasteiger partial charge on any atom is -0.328 e. The monoisotopic (exact) mass is 316 g/mol. The molecule has 0 aliphatic heterocycles. The molecule has 0 aromatic heterocycles. The second-order valence-electron chi connectivity index (χ2n) is 7.55. The van der Waals surface area contributed by atoms with Crippen LogP contribution in [0.4, 0.5) is 0 Å². The summed E-state index contributed by atoms with van der Waals surface area (Å²) in [6, 6.07) is 8.82. The summed E-state index contributed by atoms with van der Waals surface area (Å²) in [4.78, 5) is 0. The molecule has 0 N–H and O–H groups in total. The summed E-state index contributed by atoms with van der Waals surface area (Å²) in [7, 11) is 4.79. The fraction of sp³-hybridized carbons (Fsp3) is 0.636. The Kier molecular flexibility index (Phi) is 9.94. The van der Waals surface area contributed by atoms with Gasteiger partial charge in [0.15, 0.2) is 0 Å². The zero-order chi connectivity index (χ0) is 17.0. The van der Waals surface area contributed by atoms with Gasteiger partial charge in [-0.05, 0) is 43.2 Å². The van der Waals surface area contributed by atoms with Crippen molar-refractivity contribution in [3.63, 3.8) is 0 Å². The Labute approximate surface area is 145 Å². The van der Waals surface area contributed by atoms with Gasteiger partial charge in [-0.1, -0.05) is 69.5 Å². The molecule has 1 nitrogen and oxygen atoms in total. The van der Waals surface area contributed by atoms with E-state index in [9.17, 15) is 0 Å². The van der Waals surface area contributed by atoms with Crippen LogP contribution in [0, 0.1) is 0 Å². The van der Waals surface area contributed by atoms with Gasteiger partial charge in [-0.2, -0.15) is 0 Å². The quantitative estimate of drug-likeness (QED) is 0.305. The van der Waals surface area contributed by atoms with Gasteiger partial charge < -0.3 is 4.48 Å². The van der Waals surface area contributed by atoms with Crippen molar-refractivity contribution in [3.8, 4) is 0 Å². The fourth-order valence-electron chi connectivity index (χ4n) is 3.12. The fourth-order valence-corrected chi connectivity index (χ4v) is 3.12. The van der Waals surface area contributed by atoms with Crippen LogP contribution in [-0.4, -0.2) is 31.7 Å². The van der Waals surface area contributed by atoms with Crippen LogP contribution in [0.1, 0.15) is 69.4 Å². The van der Waals surface area contributed by atoms with Crippen LogP contribution < -0.4 is 0 Å². The molecule has 0 spiro atoms. The van der Waals surface area contributed by atoms with Crippen LogP contribution in [0.15, 0.2) is 30.8 Å². The molecule has 0 fully saturated rings. The maximum absolute atomic E-state index is 3.81. The molecule has 0 heterocycles. The lowest BCUT2D eigenvalue weighted by Gasteiger charge is -2.30. The van der Waals surface area contributed by atoms with Crippen molar-refractivity contribution in [2.24, 2.45) is 0 Å². The topological polar surface area (TPSA) is 0 Å². The first-order chi connectivity index (χ1) is 11.1. The van der Waals surface area contributed by atoms with Gasteiger partial charge in [-0.25, -0.2) is 0 Å². The normalized spacial score (nSPS) is 11.6. The summed E-state index contributed by atoms with van der Waals surface area (Å²) in [5, 5.41) is 0. The molecule has 130 valence electrons. The predicted molar refractivity (Wildman–Crippen MR) is 105 cm³/mol. The molecule has 0 saturated heterocycles. The SMILES string of the molecule is C=Cc1ccc(CCCC[N+](C)(C)CCCCCCCC)cc1. The number of aryl methyl sites for hydroxylation is 1. The summed E-state index contributed by atoms with van der Waals surface area (Å²) < 4.78 is 1.18. The highest BCUT2D eigenvalue weighted by atomic mass is 15.3. The molecule has 1 rings (SSSR count). The lowest BCUT2D eigenvalue weighted by atomic mass is 10.1. The van der Waals surface area contributed by atoms with Crippen molar-refractivity contribution in [2.45, 2.75) is 64.7 Å². The third kappa shape index (κ3) is 9.61. The number of nitrogens with zero attached hydrogens (tertiary/aromatic N) is 1. The first-order valence-electron chi connectivity index (χ1n) is 9.61. The van der Waals surface area contributed by atoms with E-state index in [1.54, 1.807) is 0 Å². The van der Waals surface area contributed by atoms with Crippen LogP contribution >= 0.6 is 0 Å². The Hall–Kier alpha value is -1.08. The summed E-state index contributed by atoms with van der Waals surface area (Å²) in [6.45, 7) is 8.73. The van der Waals surface area contributed by atoms with E-state index in [0.717, 1.165) is 0 Å². The number of quaternary nitrogens is 1. The van der Waals surface area contributed by atoms with E-state index >= 15 is 0 Å². The molecule has 1 heteroatoms. The van der Waals surface area contributed by atoms with Crippen molar-refractivity contribution in [3.05, 3.63) is 42.0 Å². The zero-order valence-electron chi connectivity index (χ0n) is 15.8. The van der Waals surface area contributed by atoms with Gasteiger partial charge in [0.25, 0.3) is 0 Å². The largest absolute Gasteiger partial charge is 0.328 e. The van der Waals surface area contributed by atoms with Crippen molar-refractivity contribution in [2.75, 3.05) is 27.2 Å². The molecule has 0 radical (unpaired) electrons. The molecule has 0 saturated carbocycles. The van der Waals surface area contributed by atoms with Crippen LogP contribution in [0.25, 0.3) is 6.08 Å². The highest BCUT2D eigenvalue weighted by molar-refractivity contribution is 5.47. The predicted octanol–water partition coefficient (Wildman–Crippen LogP) is 6.09. The molecular formula is C22H38N+. The summed E-state index contributed by atoms with van der Waals surface area (Å²) >= 11 is 0. The molecule has 0 aliphatic carbocycles. The Morgan fingerprint density at radius 2 is 1.39 bits per heavy atom. The number of hydrogen-bond donors (Lipinski definition) is 0. The molecule has 0 unspecified atom stereocenters. The van der Waals surface area contributed by atoms with Crippen molar-refractivity contribution in [1.29, 1.82) is 0 Å². The van der Waals surface area contributed by atoms with Gasteiger partial charge in [-0.3, -0.25) is 0 Å². The first-order valence-corrected chi connectivity index (χ1v) is 9.61. The molecule has 23 heavy (non-hydrogen) atoms. The Morgan fingerprint density at radius 1 is 0.826 bits per heavy atom. The van der Waals surface area contributed by atoms with Crippen molar-refractivity contribution >= 4 is 6.08 Å². The Balaban J connectivity index is 2.11. The van der Waals surface area contributed by atoms with Gasteiger partial charge in [0.1, 0.15) is 0 Å². The van der Waals surface area contributed by atoms with Gasteiger partial charge in [0.05, 0.1) is 27.2 Å². The number of benzene rings is 1. The van der Waals surface area contributed by atoms with Gasteiger partial charge in [0.2, 0.25) is 0 Å². The second kappa shape index (κ2) is 11.5. The average molecular weight is 317 g/mol. The average Bonchev–Trinajstić information content (AvgIpc) is 2.55. The molecule has 0 amide bonds. The summed E-state index contributed by atoms with van der Waals surface area (Å²) in [5.41, 5.74) is 2.67. The maximum atomic E-state index is 3.81. The van der Waals surface area contributed by atoms with Gasteiger partial charge in [-0.15, -0.1) is 0 Å². The maximum Gasteiger partial charge on any atom is 0.0782 e.